The topological polar surface area (TPSA) is 93.1 Å². The number of hydrogen-bond donors (Lipinski definition) is 2. The summed E-state index contributed by atoms with van der Waals surface area (Å²) in [6.07, 6.45) is 7.46. The summed E-state index contributed by atoms with van der Waals surface area (Å²) < 4.78 is 31.5. The maximum atomic E-state index is 13.4. The molecule has 0 aromatic carbocycles. The molecule has 34 heavy (non-hydrogen) atoms. The number of ketones is 1. The number of aromatic nitrogens is 2. The highest BCUT2D eigenvalue weighted by Gasteiger charge is 2.36. The van der Waals surface area contributed by atoms with Crippen molar-refractivity contribution in [3.05, 3.63) is 27.1 Å². The Morgan fingerprint density at radius 1 is 1.24 bits per heavy atom. The Kier molecular flexibility index (Phi) is 6.69. The van der Waals surface area contributed by atoms with Gasteiger partial charge in [0, 0.05) is 48.2 Å². The number of nitrogens with zero attached hydrogens (tertiary/aromatic N) is 2. The highest BCUT2D eigenvalue weighted by Crippen LogP contribution is 2.42. The first-order valence-corrected chi connectivity index (χ1v) is 14.9. The zero-order valence-electron chi connectivity index (χ0n) is 19.7. The second-order valence-corrected chi connectivity index (χ2v) is 13.5. The van der Waals surface area contributed by atoms with Crippen LogP contribution in [0.25, 0.3) is 0 Å². The van der Waals surface area contributed by atoms with Crippen LogP contribution >= 0.6 is 23.6 Å². The molecule has 10 heteroatoms. The summed E-state index contributed by atoms with van der Waals surface area (Å²) >= 11 is 7.18. The lowest BCUT2D eigenvalue weighted by atomic mass is 9.86. The molecule has 2 aromatic rings. The number of sulfonamides is 1. The van der Waals surface area contributed by atoms with Gasteiger partial charge in [0.1, 0.15) is 11.6 Å². The molecule has 2 fully saturated rings. The summed E-state index contributed by atoms with van der Waals surface area (Å²) in [6.45, 7) is 2.43. The van der Waals surface area contributed by atoms with Crippen LogP contribution in [-0.2, 0) is 41.1 Å². The third-order valence-electron chi connectivity index (χ3n) is 7.02. The van der Waals surface area contributed by atoms with E-state index >= 15 is 0 Å². The Morgan fingerprint density at radius 3 is 2.65 bits per heavy atom. The maximum absolute atomic E-state index is 13.4. The fourth-order valence-corrected chi connectivity index (χ4v) is 8.42. The molecule has 5 rings (SSSR count). The first kappa shape index (κ1) is 24.1. The molecule has 1 atom stereocenters. The molecule has 184 valence electrons. The van der Waals surface area contributed by atoms with Crippen molar-refractivity contribution in [2.24, 2.45) is 24.8 Å². The van der Waals surface area contributed by atoms with E-state index in [-0.39, 0.29) is 24.0 Å². The smallest absolute Gasteiger partial charge is 0.241 e. The van der Waals surface area contributed by atoms with Crippen molar-refractivity contribution in [2.75, 3.05) is 11.9 Å². The van der Waals surface area contributed by atoms with E-state index < -0.39 is 10.0 Å². The Bertz CT molecular complexity index is 1220. The summed E-state index contributed by atoms with van der Waals surface area (Å²) in [5.74, 6) is 1.89. The molecule has 0 aliphatic heterocycles. The number of thiophene rings is 1. The Hall–Kier alpha value is -1.62. The minimum Gasteiger partial charge on any atom is -0.335 e. The molecule has 0 amide bonds. The van der Waals surface area contributed by atoms with E-state index in [2.05, 4.69) is 15.1 Å². The Morgan fingerprint density at radius 2 is 2.00 bits per heavy atom. The lowest BCUT2D eigenvalue weighted by molar-refractivity contribution is -0.119. The molecule has 0 radical (unpaired) electrons. The van der Waals surface area contributed by atoms with E-state index in [1.807, 2.05) is 20.0 Å². The molecule has 1 unspecified atom stereocenters. The minimum atomic E-state index is -3.65. The van der Waals surface area contributed by atoms with Gasteiger partial charge in [0.15, 0.2) is 0 Å². The molecule has 7 nitrogen and oxygen atoms in total. The lowest BCUT2D eigenvalue weighted by Gasteiger charge is -2.24. The van der Waals surface area contributed by atoms with E-state index in [9.17, 15) is 13.2 Å². The van der Waals surface area contributed by atoms with Crippen molar-refractivity contribution in [3.63, 3.8) is 0 Å². The van der Waals surface area contributed by atoms with Gasteiger partial charge in [-0.25, -0.2) is 13.1 Å². The van der Waals surface area contributed by atoms with Crippen LogP contribution in [0.5, 0.6) is 0 Å². The van der Waals surface area contributed by atoms with E-state index in [4.69, 9.17) is 12.2 Å². The molecular formula is C24H32N4O3S3. The average Bonchev–Trinajstić information content (AvgIpc) is 3.68. The number of rotatable bonds is 10. The van der Waals surface area contributed by atoms with Gasteiger partial charge < -0.3 is 5.32 Å². The monoisotopic (exact) mass is 520 g/mol. The predicted molar refractivity (Wildman–Crippen MR) is 138 cm³/mol. The Labute approximate surface area is 210 Å². The number of nitrogens with one attached hydrogen (secondary N) is 2. The quantitative estimate of drug-likeness (QED) is 0.461. The summed E-state index contributed by atoms with van der Waals surface area (Å²) in [6, 6.07) is 1.96. The van der Waals surface area contributed by atoms with Gasteiger partial charge in [-0.05, 0) is 69.3 Å². The number of carbonyl (C=O) groups is 1. The number of carbonyl (C=O) groups excluding carboxylic acids is 1. The zero-order chi connectivity index (χ0) is 24.0. The molecule has 0 saturated heterocycles. The van der Waals surface area contributed by atoms with E-state index in [0.717, 1.165) is 70.3 Å². The number of hydrogen-bond acceptors (Lipinski definition) is 6. The summed E-state index contributed by atoms with van der Waals surface area (Å²) in [4.78, 5) is 15.6. The highest BCUT2D eigenvalue weighted by molar-refractivity contribution is 7.89. The molecule has 0 spiro atoms. The first-order chi connectivity index (χ1) is 16.2. The third kappa shape index (κ3) is 5.45. The van der Waals surface area contributed by atoms with Gasteiger partial charge in [0.2, 0.25) is 10.0 Å². The standard InChI is InChI=1S/C24H32N4O3S3/c1-14-9-22(28(2)27-14)26-23(32)11-16-5-8-20-18(10-16)24(34(30,31)25-13-15-3-4-15)21(33-20)12-19(29)17-6-7-17/h9,15-17,25H,3-8,10-13H2,1-2H3,(H,26,32). The largest absolute Gasteiger partial charge is 0.335 e. The van der Waals surface area contributed by atoms with Gasteiger partial charge in [-0.2, -0.15) is 5.10 Å². The van der Waals surface area contributed by atoms with Crippen LogP contribution in [0, 0.1) is 24.7 Å². The molecular weight excluding hydrogens is 488 g/mol. The summed E-state index contributed by atoms with van der Waals surface area (Å²) in [5, 5.41) is 7.65. The minimum absolute atomic E-state index is 0.126. The number of anilines is 1. The number of thiocarbonyl (C=S) groups is 1. The molecule has 3 aliphatic carbocycles. The second-order valence-electron chi connectivity index (χ2n) is 10.1. The van der Waals surface area contributed by atoms with Crippen molar-refractivity contribution in [3.8, 4) is 0 Å². The predicted octanol–water partition coefficient (Wildman–Crippen LogP) is 3.93. The van der Waals surface area contributed by atoms with Crippen LogP contribution in [0.15, 0.2) is 11.0 Å². The normalized spacial score (nSPS) is 20.2. The van der Waals surface area contributed by atoms with Crippen LogP contribution in [-0.4, -0.2) is 35.5 Å². The van der Waals surface area contributed by atoms with Gasteiger partial charge in [-0.15, -0.1) is 11.3 Å². The maximum Gasteiger partial charge on any atom is 0.241 e. The van der Waals surface area contributed by atoms with Crippen LogP contribution in [0.3, 0.4) is 0 Å². The van der Waals surface area contributed by atoms with E-state index in [1.54, 1.807) is 16.0 Å². The van der Waals surface area contributed by atoms with Gasteiger partial charge in [0.05, 0.1) is 15.6 Å². The van der Waals surface area contributed by atoms with Gasteiger partial charge in [0.25, 0.3) is 0 Å². The number of Topliss-reactive ketones (excluding diaryl/α,β-unsaturated/α-hetero) is 1. The number of aryl methyl sites for hydroxylation is 3. The van der Waals surface area contributed by atoms with Crippen LogP contribution in [0.1, 0.15) is 59.5 Å². The third-order valence-corrected chi connectivity index (χ3v) is 10.3. The van der Waals surface area contributed by atoms with Gasteiger partial charge in [-0.3, -0.25) is 9.48 Å². The summed E-state index contributed by atoms with van der Waals surface area (Å²) in [7, 11) is -1.77. The number of fused-ring (bicyclic) bond motifs is 1. The highest BCUT2D eigenvalue weighted by atomic mass is 32.2. The second kappa shape index (κ2) is 9.44. The Balaban J connectivity index is 1.35. The molecule has 3 aliphatic rings. The van der Waals surface area contributed by atoms with Crippen LogP contribution < -0.4 is 10.0 Å². The van der Waals surface area contributed by atoms with Crippen molar-refractivity contribution in [1.29, 1.82) is 0 Å². The lowest BCUT2D eigenvalue weighted by Crippen LogP contribution is -2.28. The fraction of sp³-hybridized carbons (Fsp3) is 0.625. The molecule has 2 N–H and O–H groups in total. The summed E-state index contributed by atoms with van der Waals surface area (Å²) in [5.41, 5.74) is 1.84. The van der Waals surface area contributed by atoms with Crippen molar-refractivity contribution in [1.82, 2.24) is 14.5 Å². The van der Waals surface area contributed by atoms with Gasteiger partial charge >= 0.3 is 0 Å². The first-order valence-electron chi connectivity index (χ1n) is 12.2. The SMILES string of the molecule is Cc1cc(NC(=S)CC2CCc3sc(CC(=O)C4CC4)c(S(=O)(=O)NCC4CC4)c3C2)n(C)n1. The van der Waals surface area contributed by atoms with E-state index in [1.165, 1.54) is 0 Å². The van der Waals surface area contributed by atoms with E-state index in [0.29, 0.717) is 30.2 Å². The van der Waals surface area contributed by atoms with Crippen LogP contribution in [0.4, 0.5) is 5.82 Å². The van der Waals surface area contributed by atoms with Gasteiger partial charge in [-0.1, -0.05) is 12.2 Å². The van der Waals surface area contributed by atoms with Crippen molar-refractivity contribution < 1.29 is 13.2 Å². The zero-order valence-corrected chi connectivity index (χ0v) is 22.2. The van der Waals surface area contributed by atoms with Crippen molar-refractivity contribution in [2.45, 2.75) is 69.6 Å². The average molecular weight is 521 g/mol. The van der Waals surface area contributed by atoms with Crippen LogP contribution in [0.2, 0.25) is 0 Å². The molecule has 2 heterocycles. The molecule has 2 aromatic heterocycles. The molecule has 0 bridgehead atoms. The molecule has 2 saturated carbocycles. The van der Waals surface area contributed by atoms with Crippen molar-refractivity contribution >= 4 is 50.2 Å². The fourth-order valence-electron chi connectivity index (χ4n) is 4.80.